The zero-order valence-corrected chi connectivity index (χ0v) is 13.8. The van der Waals surface area contributed by atoms with Gasteiger partial charge in [-0.05, 0) is 25.0 Å². The summed E-state index contributed by atoms with van der Waals surface area (Å²) in [6.07, 6.45) is 1.68. The third-order valence-electron chi connectivity index (χ3n) is 3.43. The lowest BCUT2D eigenvalue weighted by molar-refractivity contribution is -0.140. The van der Waals surface area contributed by atoms with Gasteiger partial charge in [0.15, 0.2) is 5.69 Å². The van der Waals surface area contributed by atoms with Crippen molar-refractivity contribution in [3.05, 3.63) is 46.7 Å². The van der Waals surface area contributed by atoms with Crippen molar-refractivity contribution in [2.45, 2.75) is 26.8 Å². The molecule has 0 unspecified atom stereocenters. The molecule has 2 N–H and O–H groups in total. The molecule has 1 atom stereocenters. The monoisotopic (exact) mass is 335 g/mol. The molecular formula is C16H18ClN3O3. The molecule has 0 aliphatic carbocycles. The number of amides is 1. The maximum atomic E-state index is 12.3. The first-order valence-corrected chi connectivity index (χ1v) is 7.54. The van der Waals surface area contributed by atoms with Crippen molar-refractivity contribution >= 4 is 23.5 Å². The number of benzene rings is 1. The number of halogens is 1. The first kappa shape index (κ1) is 17.0. The number of aliphatic carboxylic acids is 1. The molecule has 0 bridgehead atoms. The Morgan fingerprint density at radius 3 is 2.52 bits per heavy atom. The number of aryl methyl sites for hydroxylation is 1. The van der Waals surface area contributed by atoms with Crippen LogP contribution in [0.2, 0.25) is 5.02 Å². The Labute approximate surface area is 139 Å². The summed E-state index contributed by atoms with van der Waals surface area (Å²) >= 11 is 6.13. The molecule has 1 aromatic heterocycles. The van der Waals surface area contributed by atoms with E-state index >= 15 is 0 Å². The van der Waals surface area contributed by atoms with Crippen LogP contribution in [0.15, 0.2) is 30.5 Å². The first-order valence-electron chi connectivity index (χ1n) is 7.16. The van der Waals surface area contributed by atoms with Crippen LogP contribution in [0.5, 0.6) is 0 Å². The van der Waals surface area contributed by atoms with E-state index in [4.69, 9.17) is 11.6 Å². The van der Waals surface area contributed by atoms with Crippen LogP contribution in [0.25, 0.3) is 5.69 Å². The highest BCUT2D eigenvalue weighted by atomic mass is 35.5. The Hall–Kier alpha value is -2.34. The van der Waals surface area contributed by atoms with Gasteiger partial charge in [0.25, 0.3) is 5.91 Å². The van der Waals surface area contributed by atoms with Crippen molar-refractivity contribution < 1.29 is 14.7 Å². The first-order chi connectivity index (χ1) is 10.8. The second kappa shape index (κ2) is 6.83. The molecule has 0 aliphatic rings. The summed E-state index contributed by atoms with van der Waals surface area (Å²) in [5.41, 5.74) is 1.46. The van der Waals surface area contributed by atoms with E-state index in [9.17, 15) is 14.7 Å². The van der Waals surface area contributed by atoms with Gasteiger partial charge in [0.1, 0.15) is 6.04 Å². The largest absolute Gasteiger partial charge is 0.480 e. The average molecular weight is 336 g/mol. The number of hydrogen-bond donors (Lipinski definition) is 2. The molecule has 2 aromatic rings. The highest BCUT2D eigenvalue weighted by Gasteiger charge is 2.26. The van der Waals surface area contributed by atoms with Gasteiger partial charge in [0.2, 0.25) is 0 Å². The molecule has 0 saturated carbocycles. The van der Waals surface area contributed by atoms with Crippen LogP contribution in [-0.4, -0.2) is 32.8 Å². The van der Waals surface area contributed by atoms with E-state index in [0.29, 0.717) is 16.3 Å². The third kappa shape index (κ3) is 3.71. The van der Waals surface area contributed by atoms with Crippen LogP contribution in [0.1, 0.15) is 29.9 Å². The van der Waals surface area contributed by atoms with Crippen LogP contribution in [0.4, 0.5) is 0 Å². The predicted molar refractivity (Wildman–Crippen MR) is 87.0 cm³/mol. The molecule has 0 spiro atoms. The predicted octanol–water partition coefficient (Wildman–Crippen LogP) is 2.67. The molecule has 0 fully saturated rings. The number of hydrogen-bond acceptors (Lipinski definition) is 3. The minimum atomic E-state index is -1.07. The quantitative estimate of drug-likeness (QED) is 0.879. The van der Waals surface area contributed by atoms with E-state index in [1.807, 2.05) is 6.07 Å². The standard InChI is InChI=1S/C16H18ClN3O3/c1-9(2)13(16(22)23)18-15(21)14-10(3)8-20(19-14)12-7-5-4-6-11(12)17/h4-9,13H,1-3H3,(H,18,21)(H,22,23)/t13-/m1/s1. The van der Waals surface area contributed by atoms with Crippen LogP contribution in [0.3, 0.4) is 0 Å². The maximum absolute atomic E-state index is 12.3. The fourth-order valence-corrected chi connectivity index (χ4v) is 2.39. The fourth-order valence-electron chi connectivity index (χ4n) is 2.17. The van der Waals surface area contributed by atoms with E-state index in [2.05, 4.69) is 10.4 Å². The van der Waals surface area contributed by atoms with Crippen molar-refractivity contribution in [3.63, 3.8) is 0 Å². The van der Waals surface area contributed by atoms with Gasteiger partial charge < -0.3 is 10.4 Å². The van der Waals surface area contributed by atoms with Gasteiger partial charge in [-0.2, -0.15) is 5.10 Å². The third-order valence-corrected chi connectivity index (χ3v) is 3.75. The number of para-hydroxylation sites is 1. The molecule has 2 rings (SSSR count). The minimum absolute atomic E-state index is 0.178. The summed E-state index contributed by atoms with van der Waals surface area (Å²) < 4.78 is 1.51. The molecule has 0 saturated heterocycles. The molecule has 6 nitrogen and oxygen atoms in total. The van der Waals surface area contributed by atoms with Crippen molar-refractivity contribution in [2.24, 2.45) is 5.92 Å². The van der Waals surface area contributed by atoms with E-state index in [-0.39, 0.29) is 11.6 Å². The second-order valence-electron chi connectivity index (χ2n) is 5.59. The van der Waals surface area contributed by atoms with Gasteiger partial charge in [-0.3, -0.25) is 4.79 Å². The Morgan fingerprint density at radius 1 is 1.30 bits per heavy atom. The van der Waals surface area contributed by atoms with Gasteiger partial charge in [-0.25, -0.2) is 9.48 Å². The Morgan fingerprint density at radius 2 is 1.96 bits per heavy atom. The molecule has 122 valence electrons. The maximum Gasteiger partial charge on any atom is 0.326 e. The fraction of sp³-hybridized carbons (Fsp3) is 0.312. The summed E-state index contributed by atoms with van der Waals surface area (Å²) in [6, 6.07) is 6.16. The Bertz CT molecular complexity index is 740. The Kier molecular flexibility index (Phi) is 5.05. The minimum Gasteiger partial charge on any atom is -0.480 e. The van der Waals surface area contributed by atoms with Crippen molar-refractivity contribution in [1.82, 2.24) is 15.1 Å². The number of carbonyl (C=O) groups excluding carboxylic acids is 1. The second-order valence-corrected chi connectivity index (χ2v) is 6.00. The van der Waals surface area contributed by atoms with E-state index in [0.717, 1.165) is 0 Å². The van der Waals surface area contributed by atoms with Crippen molar-refractivity contribution in [3.8, 4) is 5.69 Å². The molecular weight excluding hydrogens is 318 g/mol. The van der Waals surface area contributed by atoms with Gasteiger partial charge in [0, 0.05) is 11.8 Å². The van der Waals surface area contributed by atoms with E-state index in [1.165, 1.54) is 4.68 Å². The molecule has 0 aliphatic heterocycles. The number of nitrogens with one attached hydrogen (secondary N) is 1. The summed E-state index contributed by atoms with van der Waals surface area (Å²) in [7, 11) is 0. The molecule has 1 aromatic carbocycles. The number of rotatable bonds is 5. The van der Waals surface area contributed by atoms with Crippen molar-refractivity contribution in [1.29, 1.82) is 0 Å². The highest BCUT2D eigenvalue weighted by molar-refractivity contribution is 6.32. The van der Waals surface area contributed by atoms with Crippen molar-refractivity contribution in [2.75, 3.05) is 0 Å². The zero-order valence-electron chi connectivity index (χ0n) is 13.1. The summed E-state index contributed by atoms with van der Waals surface area (Å²) in [5.74, 6) is -1.83. The van der Waals surface area contributed by atoms with Crippen LogP contribution >= 0.6 is 11.6 Å². The molecule has 1 heterocycles. The van der Waals surface area contributed by atoms with Crippen LogP contribution in [0, 0.1) is 12.8 Å². The van der Waals surface area contributed by atoms with Gasteiger partial charge in [-0.1, -0.05) is 37.6 Å². The van der Waals surface area contributed by atoms with Crippen LogP contribution in [-0.2, 0) is 4.79 Å². The summed E-state index contributed by atoms with van der Waals surface area (Å²) in [5, 5.41) is 16.4. The van der Waals surface area contributed by atoms with Crippen LogP contribution < -0.4 is 5.32 Å². The lowest BCUT2D eigenvalue weighted by Gasteiger charge is -2.17. The Balaban J connectivity index is 2.29. The number of carboxylic acid groups (broad SMARTS) is 1. The van der Waals surface area contributed by atoms with E-state index < -0.39 is 17.9 Å². The van der Waals surface area contributed by atoms with Gasteiger partial charge in [0.05, 0.1) is 10.7 Å². The molecule has 23 heavy (non-hydrogen) atoms. The summed E-state index contributed by atoms with van der Waals surface area (Å²) in [6.45, 7) is 5.20. The summed E-state index contributed by atoms with van der Waals surface area (Å²) in [4.78, 5) is 23.5. The normalized spacial score (nSPS) is 12.2. The number of nitrogens with zero attached hydrogens (tertiary/aromatic N) is 2. The molecule has 7 heteroatoms. The lowest BCUT2D eigenvalue weighted by atomic mass is 10.0. The average Bonchev–Trinajstić information content (AvgIpc) is 2.86. The molecule has 0 radical (unpaired) electrons. The zero-order chi connectivity index (χ0) is 17.1. The number of aromatic nitrogens is 2. The highest BCUT2D eigenvalue weighted by Crippen LogP contribution is 2.20. The smallest absolute Gasteiger partial charge is 0.326 e. The van der Waals surface area contributed by atoms with Gasteiger partial charge >= 0.3 is 5.97 Å². The molecule has 1 amide bonds. The van der Waals surface area contributed by atoms with E-state index in [1.54, 1.807) is 45.2 Å². The number of carboxylic acids is 1. The SMILES string of the molecule is Cc1cn(-c2ccccc2Cl)nc1C(=O)N[C@@H](C(=O)O)C(C)C. The lowest BCUT2D eigenvalue weighted by Crippen LogP contribution is -2.44. The topological polar surface area (TPSA) is 84.2 Å². The number of carbonyl (C=O) groups is 2. The van der Waals surface area contributed by atoms with Gasteiger partial charge in [-0.15, -0.1) is 0 Å².